The van der Waals surface area contributed by atoms with Gasteiger partial charge < -0.3 is 25.2 Å². The van der Waals surface area contributed by atoms with E-state index in [0.29, 0.717) is 0 Å². The largest absolute Gasteiger partial charge is 0.488 e. The van der Waals surface area contributed by atoms with Crippen LogP contribution in [0.1, 0.15) is 43.7 Å². The van der Waals surface area contributed by atoms with Gasteiger partial charge in [-0.25, -0.2) is 0 Å². The van der Waals surface area contributed by atoms with Crippen molar-refractivity contribution in [2.45, 2.75) is 12.6 Å². The number of aliphatic hydroxyl groups excluding tert-OH is 2. The summed E-state index contributed by atoms with van der Waals surface area (Å²) in [6.45, 7) is -0.503. The number of hydrogen-bond acceptors (Lipinski definition) is 7. The van der Waals surface area contributed by atoms with Gasteiger partial charge in [-0.3, -0.25) is 9.59 Å². The molecule has 0 heterocycles. The summed E-state index contributed by atoms with van der Waals surface area (Å²) in [4.78, 5) is 25.5. The second-order valence-corrected chi connectivity index (χ2v) is 5.27. The molecule has 24 heavy (non-hydrogen) atoms. The topological polar surface area (TPSA) is 124 Å². The van der Waals surface area contributed by atoms with Crippen molar-refractivity contribution in [3.63, 3.8) is 0 Å². The van der Waals surface area contributed by atoms with Gasteiger partial charge >= 0.3 is 0 Å². The van der Waals surface area contributed by atoms with E-state index in [9.17, 15) is 19.8 Å². The fourth-order valence-electron chi connectivity index (χ4n) is 2.72. The molecule has 0 fully saturated rings. The maximum absolute atomic E-state index is 12.8. The molecule has 4 N–H and O–H groups in total. The van der Waals surface area contributed by atoms with Gasteiger partial charge in [0.05, 0.1) is 5.56 Å². The minimum Gasteiger partial charge on any atom is -0.488 e. The van der Waals surface area contributed by atoms with Gasteiger partial charge in [0.15, 0.2) is 24.1 Å². The lowest BCUT2D eigenvalue weighted by atomic mass is 9.81. The molecule has 7 heteroatoms. The zero-order valence-corrected chi connectivity index (χ0v) is 12.3. The van der Waals surface area contributed by atoms with Crippen LogP contribution in [0.2, 0.25) is 0 Å². The van der Waals surface area contributed by atoms with Gasteiger partial charge in [0.1, 0.15) is 12.4 Å². The van der Waals surface area contributed by atoms with Crippen molar-refractivity contribution >= 4 is 11.6 Å². The molecular formula is C17H14O7. The molecule has 0 saturated carbocycles. The van der Waals surface area contributed by atoms with E-state index in [0.717, 1.165) is 0 Å². The fourth-order valence-corrected chi connectivity index (χ4v) is 2.72. The molecule has 2 aromatic carbocycles. The third-order valence-corrected chi connectivity index (χ3v) is 3.74. The number of carbonyl (C=O) groups excluding carboxylic acids is 2. The van der Waals surface area contributed by atoms with E-state index in [1.807, 2.05) is 0 Å². The number of hydrogen-bond donors (Lipinski definition) is 4. The lowest BCUT2D eigenvalue weighted by Gasteiger charge is -2.23. The molecule has 0 unspecified atom stereocenters. The van der Waals surface area contributed by atoms with E-state index in [1.165, 1.54) is 24.3 Å². The molecule has 0 aromatic heterocycles. The standard InChI is InChI=1S/C17H14O7/c18-12(19)7-24-11-6-5-10(17(22)23)13-14(11)16(21)9-4-2-1-3-8(9)15(13)20/h1-6,12,17-19,22-23H,7H2. The molecule has 3 rings (SSSR count). The molecule has 0 radical (unpaired) electrons. The molecule has 0 bridgehead atoms. The Bertz CT molecular complexity index is 824. The highest BCUT2D eigenvalue weighted by atomic mass is 16.5. The summed E-state index contributed by atoms with van der Waals surface area (Å²) in [5, 5.41) is 36.9. The van der Waals surface area contributed by atoms with Crippen LogP contribution in [0.15, 0.2) is 36.4 Å². The predicted molar refractivity (Wildman–Crippen MR) is 80.6 cm³/mol. The summed E-state index contributed by atoms with van der Waals surface area (Å²) in [7, 11) is 0. The Hall–Kier alpha value is -2.58. The van der Waals surface area contributed by atoms with Crippen LogP contribution >= 0.6 is 0 Å². The summed E-state index contributed by atoms with van der Waals surface area (Å²) in [5.74, 6) is -1.07. The monoisotopic (exact) mass is 330 g/mol. The first kappa shape index (κ1) is 16.3. The van der Waals surface area contributed by atoms with E-state index in [1.54, 1.807) is 12.1 Å². The number of aliphatic hydroxyl groups is 4. The number of ether oxygens (including phenoxy) is 1. The van der Waals surface area contributed by atoms with E-state index >= 15 is 0 Å². The van der Waals surface area contributed by atoms with Gasteiger partial charge in [0.25, 0.3) is 0 Å². The number of rotatable bonds is 4. The van der Waals surface area contributed by atoms with Crippen LogP contribution in [0.5, 0.6) is 5.75 Å². The minimum atomic E-state index is -1.95. The maximum Gasteiger partial charge on any atom is 0.198 e. The number of carbonyl (C=O) groups is 2. The lowest BCUT2D eigenvalue weighted by Crippen LogP contribution is -2.25. The summed E-state index contributed by atoms with van der Waals surface area (Å²) in [6.07, 6.45) is -3.70. The Balaban J connectivity index is 2.23. The molecule has 1 aliphatic carbocycles. The van der Waals surface area contributed by atoms with Crippen LogP contribution < -0.4 is 4.74 Å². The van der Waals surface area contributed by atoms with Crippen molar-refractivity contribution in [3.8, 4) is 5.75 Å². The predicted octanol–water partition coefficient (Wildman–Crippen LogP) is 0.135. The Labute approximate surface area is 136 Å². The van der Waals surface area contributed by atoms with Gasteiger partial charge in [-0.05, 0) is 12.1 Å². The van der Waals surface area contributed by atoms with Crippen molar-refractivity contribution in [1.29, 1.82) is 0 Å². The van der Waals surface area contributed by atoms with E-state index in [4.69, 9.17) is 14.9 Å². The summed E-state index contributed by atoms with van der Waals surface area (Å²) >= 11 is 0. The molecule has 0 spiro atoms. The average Bonchev–Trinajstić information content (AvgIpc) is 2.56. The molecule has 7 nitrogen and oxygen atoms in total. The lowest BCUT2D eigenvalue weighted by molar-refractivity contribution is -0.0683. The van der Waals surface area contributed by atoms with Gasteiger partial charge in [-0.15, -0.1) is 0 Å². The van der Waals surface area contributed by atoms with Crippen LogP contribution in [-0.4, -0.2) is 44.9 Å². The van der Waals surface area contributed by atoms with Crippen LogP contribution in [0.3, 0.4) is 0 Å². The molecule has 124 valence electrons. The number of ketones is 2. The normalized spacial score (nSPS) is 13.2. The number of fused-ring (bicyclic) bond motifs is 2. The van der Waals surface area contributed by atoms with Crippen molar-refractivity contribution in [3.05, 3.63) is 64.2 Å². The van der Waals surface area contributed by atoms with Crippen LogP contribution in [-0.2, 0) is 0 Å². The summed E-state index contributed by atoms with van der Waals surface area (Å²) in [6, 6.07) is 8.73. The molecule has 0 atom stereocenters. The minimum absolute atomic E-state index is 0.0321. The Morgan fingerprint density at radius 1 is 0.833 bits per heavy atom. The highest BCUT2D eigenvalue weighted by Crippen LogP contribution is 2.37. The van der Waals surface area contributed by atoms with Crippen molar-refractivity contribution < 1.29 is 34.8 Å². The first-order valence-corrected chi connectivity index (χ1v) is 7.12. The van der Waals surface area contributed by atoms with E-state index in [2.05, 4.69) is 0 Å². The smallest absolute Gasteiger partial charge is 0.198 e. The van der Waals surface area contributed by atoms with Crippen molar-refractivity contribution in [1.82, 2.24) is 0 Å². The molecule has 0 saturated heterocycles. The zero-order chi connectivity index (χ0) is 17.4. The summed E-state index contributed by atoms with van der Waals surface area (Å²) < 4.78 is 5.20. The van der Waals surface area contributed by atoms with E-state index in [-0.39, 0.29) is 33.6 Å². The molecule has 0 aliphatic heterocycles. The SMILES string of the molecule is O=C1c2ccccc2C(=O)c2c(C(O)O)ccc(OCC(O)O)c21. The van der Waals surface area contributed by atoms with Gasteiger partial charge in [0, 0.05) is 22.3 Å². The van der Waals surface area contributed by atoms with Crippen molar-refractivity contribution in [2.24, 2.45) is 0 Å². The fraction of sp³-hybridized carbons (Fsp3) is 0.176. The van der Waals surface area contributed by atoms with Crippen molar-refractivity contribution in [2.75, 3.05) is 6.61 Å². The average molecular weight is 330 g/mol. The zero-order valence-electron chi connectivity index (χ0n) is 12.3. The van der Waals surface area contributed by atoms with Crippen LogP contribution in [0.4, 0.5) is 0 Å². The third-order valence-electron chi connectivity index (χ3n) is 3.74. The van der Waals surface area contributed by atoms with E-state index < -0.39 is 30.8 Å². The maximum atomic E-state index is 12.8. The molecule has 2 aromatic rings. The van der Waals surface area contributed by atoms with Crippen LogP contribution in [0.25, 0.3) is 0 Å². The van der Waals surface area contributed by atoms with Gasteiger partial charge in [-0.2, -0.15) is 0 Å². The first-order valence-electron chi connectivity index (χ1n) is 7.12. The second kappa shape index (κ2) is 6.14. The second-order valence-electron chi connectivity index (χ2n) is 5.27. The number of benzene rings is 2. The Morgan fingerprint density at radius 2 is 1.42 bits per heavy atom. The highest BCUT2D eigenvalue weighted by Gasteiger charge is 2.35. The molecule has 0 amide bonds. The van der Waals surface area contributed by atoms with Crippen LogP contribution in [0, 0.1) is 0 Å². The van der Waals surface area contributed by atoms with Gasteiger partial charge in [-0.1, -0.05) is 24.3 Å². The Morgan fingerprint density at radius 3 is 1.96 bits per heavy atom. The first-order chi connectivity index (χ1) is 11.4. The quantitative estimate of drug-likeness (QED) is 0.501. The van der Waals surface area contributed by atoms with Gasteiger partial charge in [0.2, 0.25) is 0 Å². The molecular weight excluding hydrogens is 316 g/mol. The third kappa shape index (κ3) is 2.59. The Kier molecular flexibility index (Phi) is 4.16. The molecule has 1 aliphatic rings. The highest BCUT2D eigenvalue weighted by molar-refractivity contribution is 6.29. The summed E-state index contributed by atoms with van der Waals surface area (Å²) in [5.41, 5.74) is -0.0523.